The van der Waals surface area contributed by atoms with Crippen LogP contribution in [-0.2, 0) is 6.54 Å². The van der Waals surface area contributed by atoms with Gasteiger partial charge in [-0.15, -0.1) is 0 Å². The van der Waals surface area contributed by atoms with Gasteiger partial charge in [-0.1, -0.05) is 35.9 Å². The minimum atomic E-state index is -0.160. The smallest absolute Gasteiger partial charge is 0.318 e. The number of fused-ring (bicyclic) bond motifs is 3. The molecule has 26 heavy (non-hydrogen) atoms. The zero-order valence-corrected chi connectivity index (χ0v) is 15.5. The van der Waals surface area contributed by atoms with E-state index in [0.717, 1.165) is 22.5 Å². The second-order valence-electron chi connectivity index (χ2n) is 6.65. The van der Waals surface area contributed by atoms with Crippen molar-refractivity contribution < 1.29 is 4.79 Å². The molecule has 1 N–H and O–H groups in total. The third kappa shape index (κ3) is 2.86. The molecule has 4 rings (SSSR count). The van der Waals surface area contributed by atoms with Crippen LogP contribution in [0, 0.1) is 6.92 Å². The summed E-state index contributed by atoms with van der Waals surface area (Å²) in [5.41, 5.74) is 4.99. The Bertz CT molecular complexity index is 979. The molecule has 1 atom stereocenters. The van der Waals surface area contributed by atoms with Gasteiger partial charge < -0.3 is 14.8 Å². The lowest BCUT2D eigenvalue weighted by Crippen LogP contribution is -2.36. The highest BCUT2D eigenvalue weighted by Gasteiger charge is 2.28. The SMILES string of the molecule is Cc1ccc(NC(=O)N2Cc3ccccc3-n3cccc3[C@@H]2C)c(Cl)c1. The Hall–Kier alpha value is -2.72. The lowest BCUT2D eigenvalue weighted by Gasteiger charge is -2.28. The molecule has 1 aliphatic heterocycles. The average molecular weight is 366 g/mol. The molecular weight excluding hydrogens is 346 g/mol. The highest BCUT2D eigenvalue weighted by molar-refractivity contribution is 6.33. The van der Waals surface area contributed by atoms with Crippen LogP contribution >= 0.6 is 11.6 Å². The monoisotopic (exact) mass is 365 g/mol. The van der Waals surface area contributed by atoms with Crippen molar-refractivity contribution in [3.8, 4) is 5.69 Å². The Balaban J connectivity index is 1.70. The summed E-state index contributed by atoms with van der Waals surface area (Å²) in [6.07, 6.45) is 2.04. The molecule has 5 heteroatoms. The van der Waals surface area contributed by atoms with Crippen molar-refractivity contribution in [1.29, 1.82) is 0 Å². The summed E-state index contributed by atoms with van der Waals surface area (Å²) >= 11 is 6.29. The second-order valence-corrected chi connectivity index (χ2v) is 7.06. The van der Waals surface area contributed by atoms with Crippen LogP contribution in [0.25, 0.3) is 5.69 Å². The standard InChI is InChI=1S/C21H20ClN3O/c1-14-9-10-18(17(22)12-14)23-21(26)25-13-16-6-3-4-7-20(16)24-11-5-8-19(24)15(25)2/h3-12,15H,13H2,1-2H3,(H,23,26)/t15-/m0/s1. The Labute approximate surface area is 158 Å². The molecule has 0 saturated heterocycles. The summed E-state index contributed by atoms with van der Waals surface area (Å²) in [6.45, 7) is 4.56. The largest absolute Gasteiger partial charge is 0.322 e. The topological polar surface area (TPSA) is 37.3 Å². The number of nitrogens with one attached hydrogen (secondary N) is 1. The lowest BCUT2D eigenvalue weighted by atomic mass is 10.1. The number of amides is 2. The van der Waals surface area contributed by atoms with E-state index in [0.29, 0.717) is 17.3 Å². The maximum absolute atomic E-state index is 13.1. The molecular formula is C21H20ClN3O. The van der Waals surface area contributed by atoms with Crippen molar-refractivity contribution in [2.45, 2.75) is 26.4 Å². The molecule has 0 aliphatic carbocycles. The summed E-state index contributed by atoms with van der Waals surface area (Å²) in [5.74, 6) is 0. The van der Waals surface area contributed by atoms with Crippen LogP contribution in [0.3, 0.4) is 0 Å². The number of nitrogens with zero attached hydrogens (tertiary/aromatic N) is 2. The van der Waals surface area contributed by atoms with Gasteiger partial charge in [-0.25, -0.2) is 4.79 Å². The van der Waals surface area contributed by atoms with E-state index in [1.54, 1.807) is 0 Å². The van der Waals surface area contributed by atoms with E-state index in [1.165, 1.54) is 0 Å². The van der Waals surface area contributed by atoms with Crippen LogP contribution in [0.5, 0.6) is 0 Å². The number of aryl methyl sites for hydroxylation is 1. The minimum absolute atomic E-state index is 0.0679. The number of carbonyl (C=O) groups is 1. The summed E-state index contributed by atoms with van der Waals surface area (Å²) < 4.78 is 2.16. The fourth-order valence-electron chi connectivity index (χ4n) is 3.47. The van der Waals surface area contributed by atoms with Gasteiger partial charge >= 0.3 is 6.03 Å². The number of aromatic nitrogens is 1. The van der Waals surface area contributed by atoms with Crippen LogP contribution in [-0.4, -0.2) is 15.5 Å². The highest BCUT2D eigenvalue weighted by atomic mass is 35.5. The number of benzene rings is 2. The molecule has 2 amide bonds. The zero-order valence-electron chi connectivity index (χ0n) is 14.7. The molecule has 0 unspecified atom stereocenters. The van der Waals surface area contributed by atoms with Gasteiger partial charge in [-0.3, -0.25) is 0 Å². The van der Waals surface area contributed by atoms with E-state index in [9.17, 15) is 4.79 Å². The molecule has 1 aliphatic rings. The summed E-state index contributed by atoms with van der Waals surface area (Å²) in [5, 5.41) is 3.51. The van der Waals surface area contributed by atoms with Crippen molar-refractivity contribution in [2.24, 2.45) is 0 Å². The molecule has 2 heterocycles. The van der Waals surface area contributed by atoms with Crippen LogP contribution in [0.1, 0.15) is 29.8 Å². The summed E-state index contributed by atoms with van der Waals surface area (Å²) in [6, 6.07) is 17.7. The Morgan fingerprint density at radius 2 is 1.96 bits per heavy atom. The fourth-order valence-corrected chi connectivity index (χ4v) is 3.75. The van der Waals surface area contributed by atoms with E-state index in [-0.39, 0.29) is 12.1 Å². The van der Waals surface area contributed by atoms with Gasteiger partial charge in [0.1, 0.15) is 0 Å². The zero-order chi connectivity index (χ0) is 18.3. The van der Waals surface area contributed by atoms with Gasteiger partial charge in [0, 0.05) is 11.9 Å². The van der Waals surface area contributed by atoms with E-state index in [4.69, 9.17) is 11.6 Å². The maximum Gasteiger partial charge on any atom is 0.322 e. The number of hydrogen-bond acceptors (Lipinski definition) is 1. The van der Waals surface area contributed by atoms with Crippen LogP contribution in [0.15, 0.2) is 60.8 Å². The Morgan fingerprint density at radius 1 is 1.15 bits per heavy atom. The van der Waals surface area contributed by atoms with Gasteiger partial charge in [-0.2, -0.15) is 0 Å². The highest BCUT2D eigenvalue weighted by Crippen LogP contribution is 2.32. The summed E-state index contributed by atoms with van der Waals surface area (Å²) in [4.78, 5) is 14.9. The normalized spacial score (nSPS) is 15.8. The first-order valence-electron chi connectivity index (χ1n) is 8.64. The maximum atomic E-state index is 13.1. The molecule has 2 aromatic carbocycles. The molecule has 3 aromatic rings. The number of carbonyl (C=O) groups excluding carboxylic acids is 1. The Kier molecular flexibility index (Phi) is 4.21. The molecule has 0 fully saturated rings. The molecule has 0 spiro atoms. The molecule has 0 radical (unpaired) electrons. The van der Waals surface area contributed by atoms with Crippen molar-refractivity contribution >= 4 is 23.3 Å². The quantitative estimate of drug-likeness (QED) is 0.603. The predicted molar refractivity (Wildman–Crippen MR) is 105 cm³/mol. The number of para-hydroxylation sites is 1. The number of urea groups is 1. The van der Waals surface area contributed by atoms with Gasteiger partial charge in [0.15, 0.2) is 0 Å². The fraction of sp³-hybridized carbons (Fsp3) is 0.190. The molecule has 132 valence electrons. The van der Waals surface area contributed by atoms with Gasteiger partial charge in [-0.05, 0) is 55.3 Å². The van der Waals surface area contributed by atoms with E-state index in [2.05, 4.69) is 28.1 Å². The van der Waals surface area contributed by atoms with Crippen LogP contribution < -0.4 is 5.32 Å². The van der Waals surface area contributed by atoms with Gasteiger partial charge in [0.2, 0.25) is 0 Å². The van der Waals surface area contributed by atoms with Crippen molar-refractivity contribution in [3.63, 3.8) is 0 Å². The van der Waals surface area contributed by atoms with Crippen molar-refractivity contribution in [2.75, 3.05) is 5.32 Å². The third-order valence-electron chi connectivity index (χ3n) is 4.89. The number of hydrogen-bond donors (Lipinski definition) is 1. The number of halogens is 1. The van der Waals surface area contributed by atoms with Crippen molar-refractivity contribution in [1.82, 2.24) is 9.47 Å². The first-order chi connectivity index (χ1) is 12.5. The first kappa shape index (κ1) is 16.7. The van der Waals surface area contributed by atoms with Gasteiger partial charge in [0.25, 0.3) is 0 Å². The predicted octanol–water partition coefficient (Wildman–Crippen LogP) is 5.55. The Morgan fingerprint density at radius 3 is 2.77 bits per heavy atom. The van der Waals surface area contributed by atoms with E-state index in [1.807, 2.05) is 61.3 Å². The van der Waals surface area contributed by atoms with E-state index >= 15 is 0 Å². The van der Waals surface area contributed by atoms with Crippen LogP contribution in [0.4, 0.5) is 10.5 Å². The second kappa shape index (κ2) is 6.54. The number of rotatable bonds is 1. The van der Waals surface area contributed by atoms with Crippen molar-refractivity contribution in [3.05, 3.63) is 82.6 Å². The molecule has 4 nitrogen and oxygen atoms in total. The average Bonchev–Trinajstić information content (AvgIpc) is 3.07. The lowest BCUT2D eigenvalue weighted by molar-refractivity contribution is 0.189. The first-order valence-corrected chi connectivity index (χ1v) is 9.01. The molecule has 0 bridgehead atoms. The summed E-state index contributed by atoms with van der Waals surface area (Å²) in [7, 11) is 0. The van der Waals surface area contributed by atoms with E-state index < -0.39 is 0 Å². The molecule has 0 saturated carbocycles. The van der Waals surface area contributed by atoms with Gasteiger partial charge in [0.05, 0.1) is 29.0 Å². The van der Waals surface area contributed by atoms with Crippen LogP contribution in [0.2, 0.25) is 5.02 Å². The minimum Gasteiger partial charge on any atom is -0.318 e. The molecule has 1 aromatic heterocycles. The third-order valence-corrected chi connectivity index (χ3v) is 5.21. The number of anilines is 1.